The van der Waals surface area contributed by atoms with Gasteiger partial charge in [-0.05, 0) is 37.4 Å². The van der Waals surface area contributed by atoms with Crippen LogP contribution in [-0.4, -0.2) is 42.0 Å². The summed E-state index contributed by atoms with van der Waals surface area (Å²) >= 11 is 0. The van der Waals surface area contributed by atoms with Crippen molar-refractivity contribution in [2.45, 2.75) is 52.6 Å². The minimum Gasteiger partial charge on any atom is -0.298 e. The Bertz CT molecular complexity index is 427. The Kier molecular flexibility index (Phi) is 5.22. The van der Waals surface area contributed by atoms with Crippen molar-refractivity contribution in [1.82, 2.24) is 9.80 Å². The Balaban J connectivity index is 2.08. The summed E-state index contributed by atoms with van der Waals surface area (Å²) in [5.41, 5.74) is 2.92. The van der Waals surface area contributed by atoms with Gasteiger partial charge in [0.05, 0.1) is 0 Å². The van der Waals surface area contributed by atoms with E-state index in [2.05, 4.69) is 68.7 Å². The van der Waals surface area contributed by atoms with Crippen molar-refractivity contribution in [3.05, 3.63) is 35.4 Å². The number of likely N-dealkylation sites (N-methyl/N-ethyl adjacent to an activating group) is 1. The van der Waals surface area contributed by atoms with Gasteiger partial charge in [-0.15, -0.1) is 0 Å². The Morgan fingerprint density at radius 3 is 2.45 bits per heavy atom. The van der Waals surface area contributed by atoms with Gasteiger partial charge in [-0.3, -0.25) is 9.80 Å². The van der Waals surface area contributed by atoms with Gasteiger partial charge in [-0.1, -0.05) is 45.0 Å². The summed E-state index contributed by atoms with van der Waals surface area (Å²) in [5, 5.41) is 0. The fraction of sp³-hybridized carbons (Fsp3) is 0.667. The maximum atomic E-state index is 2.64. The first-order valence-electron chi connectivity index (χ1n) is 8.10. The zero-order chi connectivity index (χ0) is 14.7. The summed E-state index contributed by atoms with van der Waals surface area (Å²) in [6.07, 6.45) is 0. The quantitative estimate of drug-likeness (QED) is 0.821. The largest absolute Gasteiger partial charge is 0.298 e. The molecule has 0 aliphatic carbocycles. The van der Waals surface area contributed by atoms with Gasteiger partial charge in [0.2, 0.25) is 0 Å². The molecule has 2 rings (SSSR count). The van der Waals surface area contributed by atoms with E-state index in [-0.39, 0.29) is 0 Å². The summed E-state index contributed by atoms with van der Waals surface area (Å²) in [7, 11) is 0. The van der Waals surface area contributed by atoms with Crippen LogP contribution in [0.4, 0.5) is 0 Å². The zero-order valence-corrected chi connectivity index (χ0v) is 13.8. The van der Waals surface area contributed by atoms with Gasteiger partial charge in [0.25, 0.3) is 0 Å². The highest BCUT2D eigenvalue weighted by atomic mass is 15.3. The topological polar surface area (TPSA) is 6.48 Å². The predicted octanol–water partition coefficient (Wildman–Crippen LogP) is 3.90. The van der Waals surface area contributed by atoms with Crippen molar-refractivity contribution in [3.63, 3.8) is 0 Å². The van der Waals surface area contributed by atoms with Gasteiger partial charge in [0.1, 0.15) is 0 Å². The van der Waals surface area contributed by atoms with Crippen LogP contribution in [0.5, 0.6) is 0 Å². The molecule has 1 fully saturated rings. The zero-order valence-electron chi connectivity index (χ0n) is 13.8. The smallest absolute Gasteiger partial charge is 0.0321 e. The van der Waals surface area contributed by atoms with E-state index in [1.165, 1.54) is 37.3 Å². The average molecular weight is 274 g/mol. The van der Waals surface area contributed by atoms with Crippen LogP contribution in [0.1, 0.15) is 57.7 Å². The SMILES string of the molecule is CCN1CCN([C@@H](C)c2cccc(C(C)C)c2)C[C@H]1C. The van der Waals surface area contributed by atoms with Crippen LogP contribution >= 0.6 is 0 Å². The fourth-order valence-corrected chi connectivity index (χ4v) is 3.23. The minimum absolute atomic E-state index is 0.523. The number of hydrogen-bond acceptors (Lipinski definition) is 2. The van der Waals surface area contributed by atoms with Crippen LogP contribution in [0, 0.1) is 0 Å². The van der Waals surface area contributed by atoms with Gasteiger partial charge >= 0.3 is 0 Å². The molecular formula is C18H30N2. The van der Waals surface area contributed by atoms with Crippen molar-refractivity contribution in [2.24, 2.45) is 0 Å². The van der Waals surface area contributed by atoms with E-state index in [0.29, 0.717) is 18.0 Å². The first-order valence-corrected chi connectivity index (χ1v) is 8.10. The van der Waals surface area contributed by atoms with Gasteiger partial charge in [-0.2, -0.15) is 0 Å². The van der Waals surface area contributed by atoms with Gasteiger partial charge in [0.15, 0.2) is 0 Å². The van der Waals surface area contributed by atoms with E-state index in [4.69, 9.17) is 0 Å². The number of nitrogens with zero attached hydrogens (tertiary/aromatic N) is 2. The molecule has 0 saturated carbocycles. The molecule has 112 valence electrons. The lowest BCUT2D eigenvalue weighted by atomic mass is 9.97. The molecule has 1 saturated heterocycles. The molecule has 2 heteroatoms. The molecule has 0 bridgehead atoms. The molecular weight excluding hydrogens is 244 g/mol. The van der Waals surface area contributed by atoms with Crippen LogP contribution in [-0.2, 0) is 0 Å². The number of rotatable bonds is 4. The molecule has 0 amide bonds. The first-order chi connectivity index (χ1) is 9.52. The van der Waals surface area contributed by atoms with Crippen LogP contribution < -0.4 is 0 Å². The summed E-state index contributed by atoms with van der Waals surface area (Å²) < 4.78 is 0. The van der Waals surface area contributed by atoms with E-state index in [0.717, 1.165) is 0 Å². The molecule has 20 heavy (non-hydrogen) atoms. The van der Waals surface area contributed by atoms with E-state index in [1.54, 1.807) is 0 Å². The summed E-state index contributed by atoms with van der Waals surface area (Å²) in [6, 6.07) is 10.3. The third-order valence-electron chi connectivity index (χ3n) is 4.81. The standard InChI is InChI=1S/C18H30N2/c1-6-19-10-11-20(13-15(19)4)16(5)18-9-7-8-17(12-18)14(2)3/h7-9,12,14-16H,6,10-11,13H2,1-5H3/t15-,16+/m1/s1. The third-order valence-corrected chi connectivity index (χ3v) is 4.81. The van der Waals surface area contributed by atoms with Crippen molar-refractivity contribution in [3.8, 4) is 0 Å². The molecule has 0 radical (unpaired) electrons. The molecule has 0 N–H and O–H groups in total. The number of piperazine rings is 1. The summed E-state index contributed by atoms with van der Waals surface area (Å²) in [4.78, 5) is 5.21. The second kappa shape index (κ2) is 6.73. The Hall–Kier alpha value is -0.860. The third kappa shape index (κ3) is 3.42. The molecule has 0 unspecified atom stereocenters. The maximum Gasteiger partial charge on any atom is 0.0321 e. The second-order valence-corrected chi connectivity index (χ2v) is 6.47. The Morgan fingerprint density at radius 2 is 1.85 bits per heavy atom. The molecule has 1 aliphatic rings. The number of hydrogen-bond donors (Lipinski definition) is 0. The monoisotopic (exact) mass is 274 g/mol. The van der Waals surface area contributed by atoms with Crippen molar-refractivity contribution < 1.29 is 0 Å². The normalized spacial score (nSPS) is 23.2. The number of benzene rings is 1. The molecule has 1 aromatic carbocycles. The summed E-state index contributed by atoms with van der Waals surface area (Å²) in [6.45, 7) is 16.3. The Morgan fingerprint density at radius 1 is 1.15 bits per heavy atom. The van der Waals surface area contributed by atoms with Crippen molar-refractivity contribution >= 4 is 0 Å². The average Bonchev–Trinajstić information content (AvgIpc) is 2.46. The first kappa shape index (κ1) is 15.5. The van der Waals surface area contributed by atoms with Crippen LogP contribution in [0.15, 0.2) is 24.3 Å². The van der Waals surface area contributed by atoms with Crippen molar-refractivity contribution in [1.29, 1.82) is 0 Å². The fourth-order valence-electron chi connectivity index (χ4n) is 3.23. The molecule has 2 atom stereocenters. The van der Waals surface area contributed by atoms with E-state index in [1.807, 2.05) is 0 Å². The lowest BCUT2D eigenvalue weighted by Crippen LogP contribution is -2.52. The molecule has 0 spiro atoms. The van der Waals surface area contributed by atoms with E-state index >= 15 is 0 Å². The lowest BCUT2D eigenvalue weighted by Gasteiger charge is -2.42. The van der Waals surface area contributed by atoms with Crippen LogP contribution in [0.25, 0.3) is 0 Å². The lowest BCUT2D eigenvalue weighted by molar-refractivity contribution is 0.0635. The molecule has 1 aromatic rings. The highest BCUT2D eigenvalue weighted by Crippen LogP contribution is 2.26. The highest BCUT2D eigenvalue weighted by molar-refractivity contribution is 5.27. The molecule has 1 aliphatic heterocycles. The van der Waals surface area contributed by atoms with E-state index < -0.39 is 0 Å². The Labute approximate surface area is 124 Å². The predicted molar refractivity (Wildman–Crippen MR) is 87.2 cm³/mol. The van der Waals surface area contributed by atoms with Crippen LogP contribution in [0.2, 0.25) is 0 Å². The van der Waals surface area contributed by atoms with E-state index in [9.17, 15) is 0 Å². The highest BCUT2D eigenvalue weighted by Gasteiger charge is 2.26. The van der Waals surface area contributed by atoms with Gasteiger partial charge in [-0.25, -0.2) is 0 Å². The van der Waals surface area contributed by atoms with Crippen molar-refractivity contribution in [2.75, 3.05) is 26.2 Å². The maximum absolute atomic E-state index is 2.64. The van der Waals surface area contributed by atoms with Gasteiger partial charge in [0, 0.05) is 31.7 Å². The molecule has 0 aromatic heterocycles. The van der Waals surface area contributed by atoms with Gasteiger partial charge < -0.3 is 0 Å². The molecule has 2 nitrogen and oxygen atoms in total. The molecule has 1 heterocycles. The van der Waals surface area contributed by atoms with Crippen LogP contribution in [0.3, 0.4) is 0 Å². The summed E-state index contributed by atoms with van der Waals surface area (Å²) in [5.74, 6) is 0.609. The minimum atomic E-state index is 0.523. The second-order valence-electron chi connectivity index (χ2n) is 6.47.